The highest BCUT2D eigenvalue weighted by molar-refractivity contribution is 7.90. The van der Waals surface area contributed by atoms with Crippen molar-refractivity contribution in [1.82, 2.24) is 14.3 Å². The Kier molecular flexibility index (Phi) is 4.40. The van der Waals surface area contributed by atoms with E-state index in [4.69, 9.17) is 11.6 Å². The molecule has 0 atom stereocenters. The number of pyridine rings is 1. The van der Waals surface area contributed by atoms with E-state index in [-0.39, 0.29) is 4.90 Å². The van der Waals surface area contributed by atoms with Gasteiger partial charge in [0.25, 0.3) is 10.0 Å². The van der Waals surface area contributed by atoms with Crippen molar-refractivity contribution in [2.75, 3.05) is 19.0 Å². The van der Waals surface area contributed by atoms with E-state index >= 15 is 0 Å². The van der Waals surface area contributed by atoms with Crippen LogP contribution in [0.3, 0.4) is 0 Å². The summed E-state index contributed by atoms with van der Waals surface area (Å²) in [6, 6.07) is 8.25. The Morgan fingerprint density at radius 1 is 1.16 bits per heavy atom. The zero-order valence-electron chi connectivity index (χ0n) is 13.5. The van der Waals surface area contributed by atoms with Crippen LogP contribution in [0.1, 0.15) is 0 Å². The summed E-state index contributed by atoms with van der Waals surface area (Å²) < 4.78 is 27.9. The summed E-state index contributed by atoms with van der Waals surface area (Å²) in [5.74, 6) is 0. The van der Waals surface area contributed by atoms with Gasteiger partial charge in [-0.2, -0.15) is 0 Å². The Morgan fingerprint density at radius 2 is 1.84 bits per heavy atom. The molecule has 7 nitrogen and oxygen atoms in total. The van der Waals surface area contributed by atoms with Gasteiger partial charge in [-0.1, -0.05) is 11.6 Å². The first-order valence-electron chi connectivity index (χ1n) is 7.26. The summed E-state index contributed by atoms with van der Waals surface area (Å²) in [6.07, 6.45) is 3.05. The van der Waals surface area contributed by atoms with Gasteiger partial charge < -0.3 is 4.90 Å². The molecule has 0 aliphatic carbocycles. The van der Waals surface area contributed by atoms with Crippen LogP contribution in [0.15, 0.2) is 53.7 Å². The van der Waals surface area contributed by atoms with Gasteiger partial charge >= 0.3 is 6.03 Å². The van der Waals surface area contributed by atoms with E-state index in [1.165, 1.54) is 30.5 Å². The van der Waals surface area contributed by atoms with E-state index in [1.807, 2.05) is 29.8 Å². The lowest BCUT2D eigenvalue weighted by Gasteiger charge is -2.13. The normalized spacial score (nSPS) is 11.5. The molecule has 0 bridgehead atoms. The second-order valence-electron chi connectivity index (χ2n) is 5.51. The number of amides is 1. The van der Waals surface area contributed by atoms with E-state index in [0.717, 1.165) is 15.6 Å². The predicted molar refractivity (Wildman–Crippen MR) is 96.6 cm³/mol. The van der Waals surface area contributed by atoms with Crippen LogP contribution in [-0.2, 0) is 10.0 Å². The van der Waals surface area contributed by atoms with Crippen molar-refractivity contribution in [3.05, 3.63) is 53.8 Å². The van der Waals surface area contributed by atoms with Crippen molar-refractivity contribution in [1.29, 1.82) is 0 Å². The molecule has 0 fully saturated rings. The minimum Gasteiger partial charge on any atom is -0.377 e. The van der Waals surface area contributed by atoms with E-state index in [9.17, 15) is 13.2 Å². The highest BCUT2D eigenvalue weighted by Crippen LogP contribution is 2.24. The number of carbonyl (C=O) groups is 1. The average molecular weight is 379 g/mol. The Bertz CT molecular complexity index is 1040. The fourth-order valence-electron chi connectivity index (χ4n) is 2.41. The predicted octanol–water partition coefficient (Wildman–Crippen LogP) is 2.70. The standard InChI is InChI=1S/C16H15ClN4O3S/c1-20(2)14-7-9-18-15-13(14)8-10-21(15)16(22)19-25(23,24)12-5-3-11(17)4-6-12/h3-10H,1-2H3,(H,19,22). The summed E-state index contributed by atoms with van der Waals surface area (Å²) in [4.78, 5) is 18.5. The van der Waals surface area contributed by atoms with E-state index in [2.05, 4.69) is 4.98 Å². The van der Waals surface area contributed by atoms with Gasteiger partial charge in [-0.25, -0.2) is 22.9 Å². The Hall–Kier alpha value is -2.58. The number of sulfonamides is 1. The molecule has 9 heteroatoms. The maximum atomic E-state index is 12.4. The molecule has 130 valence electrons. The van der Waals surface area contributed by atoms with Crippen LogP contribution < -0.4 is 9.62 Å². The fraction of sp³-hybridized carbons (Fsp3) is 0.125. The molecule has 3 rings (SSSR count). The van der Waals surface area contributed by atoms with Crippen LogP contribution >= 0.6 is 11.6 Å². The lowest BCUT2D eigenvalue weighted by atomic mass is 10.3. The first-order chi connectivity index (χ1) is 11.8. The molecule has 0 radical (unpaired) electrons. The monoisotopic (exact) mass is 378 g/mol. The number of hydrogen-bond donors (Lipinski definition) is 1. The number of nitrogens with one attached hydrogen (secondary N) is 1. The molecule has 1 aromatic carbocycles. The molecule has 0 aliphatic rings. The first-order valence-corrected chi connectivity index (χ1v) is 9.12. The van der Waals surface area contributed by atoms with Gasteiger partial charge in [0.1, 0.15) is 5.65 Å². The summed E-state index contributed by atoms with van der Waals surface area (Å²) in [5.41, 5.74) is 1.24. The van der Waals surface area contributed by atoms with Gasteiger partial charge in [0.2, 0.25) is 0 Å². The molecule has 0 saturated heterocycles. The lowest BCUT2D eigenvalue weighted by Crippen LogP contribution is -2.33. The zero-order chi connectivity index (χ0) is 18.2. The van der Waals surface area contributed by atoms with Crippen molar-refractivity contribution < 1.29 is 13.2 Å². The van der Waals surface area contributed by atoms with Crippen molar-refractivity contribution in [2.45, 2.75) is 4.90 Å². The molecular formula is C16H15ClN4O3S. The van der Waals surface area contributed by atoms with Gasteiger partial charge in [-0.05, 0) is 36.4 Å². The molecule has 2 aromatic heterocycles. The maximum Gasteiger partial charge on any atom is 0.341 e. The molecule has 0 saturated carbocycles. The van der Waals surface area contributed by atoms with Crippen LogP contribution in [0.4, 0.5) is 10.5 Å². The summed E-state index contributed by atoms with van der Waals surface area (Å²) in [7, 11) is -0.270. The van der Waals surface area contributed by atoms with Gasteiger partial charge in [0, 0.05) is 42.6 Å². The van der Waals surface area contributed by atoms with Gasteiger partial charge in [-0.3, -0.25) is 4.57 Å². The molecule has 1 amide bonds. The molecule has 0 unspecified atom stereocenters. The first kappa shape index (κ1) is 17.2. The van der Waals surface area contributed by atoms with Gasteiger partial charge in [0.15, 0.2) is 0 Å². The lowest BCUT2D eigenvalue weighted by molar-refractivity contribution is 0.248. The summed E-state index contributed by atoms with van der Waals surface area (Å²) in [6.45, 7) is 0. The number of fused-ring (bicyclic) bond motifs is 1. The van der Waals surface area contributed by atoms with Crippen LogP contribution in [0, 0.1) is 0 Å². The SMILES string of the molecule is CN(C)c1ccnc2c1ccn2C(=O)NS(=O)(=O)c1ccc(Cl)cc1. The molecular weight excluding hydrogens is 364 g/mol. The average Bonchev–Trinajstić information content (AvgIpc) is 2.98. The minimum absolute atomic E-state index is 0.0522. The third kappa shape index (κ3) is 3.31. The molecule has 1 N–H and O–H groups in total. The fourth-order valence-corrected chi connectivity index (χ4v) is 3.48. The van der Waals surface area contributed by atoms with Crippen molar-refractivity contribution in [2.24, 2.45) is 0 Å². The quantitative estimate of drug-likeness (QED) is 0.757. The van der Waals surface area contributed by atoms with E-state index < -0.39 is 16.1 Å². The molecule has 2 heterocycles. The molecule has 0 aliphatic heterocycles. The summed E-state index contributed by atoms with van der Waals surface area (Å²) >= 11 is 5.76. The molecule has 25 heavy (non-hydrogen) atoms. The zero-order valence-corrected chi connectivity index (χ0v) is 15.0. The van der Waals surface area contributed by atoms with Crippen molar-refractivity contribution in [3.63, 3.8) is 0 Å². The highest BCUT2D eigenvalue weighted by atomic mass is 35.5. The van der Waals surface area contributed by atoms with Crippen LogP contribution in [-0.4, -0.2) is 38.1 Å². The van der Waals surface area contributed by atoms with Crippen molar-refractivity contribution in [3.8, 4) is 0 Å². The van der Waals surface area contributed by atoms with Gasteiger partial charge in [0.05, 0.1) is 4.90 Å². The minimum atomic E-state index is -4.01. The number of anilines is 1. The number of benzene rings is 1. The number of rotatable bonds is 3. The van der Waals surface area contributed by atoms with E-state index in [0.29, 0.717) is 10.7 Å². The van der Waals surface area contributed by atoms with Gasteiger partial charge in [-0.15, -0.1) is 0 Å². The smallest absolute Gasteiger partial charge is 0.341 e. The number of aromatic nitrogens is 2. The molecule has 0 spiro atoms. The maximum absolute atomic E-state index is 12.4. The second kappa shape index (κ2) is 6.38. The van der Waals surface area contributed by atoms with Crippen LogP contribution in [0.2, 0.25) is 5.02 Å². The van der Waals surface area contributed by atoms with Crippen LogP contribution in [0.5, 0.6) is 0 Å². The largest absolute Gasteiger partial charge is 0.377 e. The highest BCUT2D eigenvalue weighted by Gasteiger charge is 2.20. The van der Waals surface area contributed by atoms with Crippen LogP contribution in [0.25, 0.3) is 11.0 Å². The number of hydrogen-bond acceptors (Lipinski definition) is 5. The Labute approximate surface area is 149 Å². The summed E-state index contributed by atoms with van der Waals surface area (Å²) in [5, 5.41) is 1.15. The number of nitrogens with zero attached hydrogens (tertiary/aromatic N) is 3. The number of carbonyl (C=O) groups excluding carboxylic acids is 1. The Balaban J connectivity index is 1.95. The Morgan fingerprint density at radius 3 is 2.48 bits per heavy atom. The molecule has 3 aromatic rings. The number of halogens is 1. The van der Waals surface area contributed by atoms with E-state index in [1.54, 1.807) is 12.3 Å². The topological polar surface area (TPSA) is 84.3 Å². The second-order valence-corrected chi connectivity index (χ2v) is 7.63. The third-order valence-electron chi connectivity index (χ3n) is 3.61. The third-order valence-corrected chi connectivity index (χ3v) is 5.20. The van der Waals surface area contributed by atoms with Crippen molar-refractivity contribution >= 4 is 44.4 Å².